The molecule has 0 spiro atoms. The first-order chi connectivity index (χ1) is 8.70. The van der Waals surface area contributed by atoms with Gasteiger partial charge in [0, 0.05) is 11.8 Å². The van der Waals surface area contributed by atoms with Gasteiger partial charge in [-0.1, -0.05) is 29.8 Å². The zero-order valence-corrected chi connectivity index (χ0v) is 10.5. The van der Waals surface area contributed by atoms with Crippen LogP contribution in [-0.4, -0.2) is 18.1 Å². The molecule has 2 aromatic rings. The van der Waals surface area contributed by atoms with Gasteiger partial charge in [-0.2, -0.15) is 0 Å². The second-order valence-corrected chi connectivity index (χ2v) is 4.13. The van der Waals surface area contributed by atoms with Crippen molar-refractivity contribution in [3.63, 3.8) is 0 Å². The number of ether oxygens (including phenoxy) is 1. The highest BCUT2D eigenvalue weighted by Crippen LogP contribution is 2.23. The summed E-state index contributed by atoms with van der Waals surface area (Å²) in [5.41, 5.74) is 3.91. The summed E-state index contributed by atoms with van der Waals surface area (Å²) in [7, 11) is 1.40. The number of esters is 1. The lowest BCUT2D eigenvalue weighted by molar-refractivity contribution is -0.139. The number of carbonyl (C=O) groups is 1. The van der Waals surface area contributed by atoms with Crippen LogP contribution in [-0.2, 0) is 16.0 Å². The van der Waals surface area contributed by atoms with Gasteiger partial charge in [0.1, 0.15) is 0 Å². The van der Waals surface area contributed by atoms with Gasteiger partial charge in [-0.3, -0.25) is 9.78 Å². The fraction of sp³-hybridized carbons (Fsp3) is 0.200. The van der Waals surface area contributed by atoms with E-state index in [1.165, 1.54) is 7.11 Å². The van der Waals surface area contributed by atoms with Crippen LogP contribution in [0.25, 0.3) is 11.3 Å². The van der Waals surface area contributed by atoms with Crippen LogP contribution in [0, 0.1) is 6.92 Å². The fourth-order valence-electron chi connectivity index (χ4n) is 1.87. The predicted molar refractivity (Wildman–Crippen MR) is 70.1 cm³/mol. The highest BCUT2D eigenvalue weighted by molar-refractivity contribution is 5.77. The number of aromatic nitrogens is 1. The van der Waals surface area contributed by atoms with Gasteiger partial charge in [0.15, 0.2) is 0 Å². The molecule has 0 N–H and O–H groups in total. The number of aryl methyl sites for hydroxylation is 1. The molecule has 0 atom stereocenters. The van der Waals surface area contributed by atoms with Crippen molar-refractivity contribution in [2.24, 2.45) is 0 Å². The number of hydrogen-bond donors (Lipinski definition) is 0. The van der Waals surface area contributed by atoms with Crippen molar-refractivity contribution >= 4 is 5.97 Å². The summed E-state index contributed by atoms with van der Waals surface area (Å²) < 4.78 is 4.73. The van der Waals surface area contributed by atoms with Crippen molar-refractivity contribution in [2.45, 2.75) is 13.3 Å². The second kappa shape index (κ2) is 5.45. The average molecular weight is 241 g/mol. The van der Waals surface area contributed by atoms with Gasteiger partial charge in [-0.05, 0) is 24.6 Å². The lowest BCUT2D eigenvalue weighted by Gasteiger charge is -2.09. The number of pyridine rings is 1. The Balaban J connectivity index is 2.44. The number of nitrogens with zero attached hydrogens (tertiary/aromatic N) is 1. The second-order valence-electron chi connectivity index (χ2n) is 4.13. The molecule has 3 nitrogen and oxygen atoms in total. The zero-order chi connectivity index (χ0) is 13.0. The minimum atomic E-state index is -0.238. The third kappa shape index (κ3) is 2.74. The van der Waals surface area contributed by atoms with Gasteiger partial charge in [0.25, 0.3) is 0 Å². The number of hydrogen-bond acceptors (Lipinski definition) is 3. The maximum absolute atomic E-state index is 11.4. The summed E-state index contributed by atoms with van der Waals surface area (Å²) in [5.74, 6) is -0.238. The van der Waals surface area contributed by atoms with Crippen molar-refractivity contribution in [1.82, 2.24) is 4.98 Å². The Morgan fingerprint density at radius 1 is 1.28 bits per heavy atom. The van der Waals surface area contributed by atoms with E-state index in [1.54, 1.807) is 6.20 Å². The standard InChI is InChI=1S/C15H15NO2/c1-11-6-7-13(14-5-3-4-8-16-14)12(9-11)10-15(17)18-2/h3-9H,10H2,1-2H3. The topological polar surface area (TPSA) is 39.2 Å². The van der Waals surface area contributed by atoms with Crippen LogP contribution in [0.3, 0.4) is 0 Å². The summed E-state index contributed by atoms with van der Waals surface area (Å²) in [6, 6.07) is 11.8. The van der Waals surface area contributed by atoms with Crippen molar-refractivity contribution < 1.29 is 9.53 Å². The van der Waals surface area contributed by atoms with Crippen LogP contribution in [0.2, 0.25) is 0 Å². The molecule has 0 aliphatic rings. The van der Waals surface area contributed by atoms with E-state index < -0.39 is 0 Å². The Labute approximate surface area is 106 Å². The number of carbonyl (C=O) groups excluding carboxylic acids is 1. The van der Waals surface area contributed by atoms with E-state index in [0.717, 1.165) is 22.4 Å². The number of methoxy groups -OCH3 is 1. The molecule has 1 aromatic carbocycles. The van der Waals surface area contributed by atoms with Gasteiger partial charge in [-0.25, -0.2) is 0 Å². The maximum Gasteiger partial charge on any atom is 0.310 e. The summed E-state index contributed by atoms with van der Waals surface area (Å²) in [6.07, 6.45) is 2.02. The molecule has 0 bridgehead atoms. The third-order valence-corrected chi connectivity index (χ3v) is 2.76. The van der Waals surface area contributed by atoms with E-state index >= 15 is 0 Å². The summed E-state index contributed by atoms with van der Waals surface area (Å²) in [4.78, 5) is 15.8. The highest BCUT2D eigenvalue weighted by Gasteiger charge is 2.10. The average Bonchev–Trinajstić information content (AvgIpc) is 2.40. The van der Waals surface area contributed by atoms with E-state index in [9.17, 15) is 4.79 Å². The summed E-state index contributed by atoms with van der Waals surface area (Å²) >= 11 is 0. The van der Waals surface area contributed by atoms with Crippen LogP contribution in [0.4, 0.5) is 0 Å². The Kier molecular flexibility index (Phi) is 3.72. The minimum absolute atomic E-state index is 0.238. The lowest BCUT2D eigenvalue weighted by atomic mass is 9.99. The van der Waals surface area contributed by atoms with Crippen molar-refractivity contribution in [3.05, 3.63) is 53.7 Å². The maximum atomic E-state index is 11.4. The quantitative estimate of drug-likeness (QED) is 0.776. The predicted octanol–water partition coefficient (Wildman–Crippen LogP) is 2.77. The van der Waals surface area contributed by atoms with Crippen LogP contribution in [0.5, 0.6) is 0 Å². The van der Waals surface area contributed by atoms with Gasteiger partial charge in [0.2, 0.25) is 0 Å². The molecule has 0 amide bonds. The van der Waals surface area contributed by atoms with Gasteiger partial charge >= 0.3 is 5.97 Å². The van der Waals surface area contributed by atoms with Gasteiger partial charge < -0.3 is 4.74 Å². The molecule has 0 saturated carbocycles. The van der Waals surface area contributed by atoms with E-state index in [2.05, 4.69) is 4.98 Å². The van der Waals surface area contributed by atoms with E-state index in [1.807, 2.05) is 43.3 Å². The first-order valence-electron chi connectivity index (χ1n) is 5.78. The Morgan fingerprint density at radius 3 is 2.78 bits per heavy atom. The van der Waals surface area contributed by atoms with E-state index in [4.69, 9.17) is 4.74 Å². The molecule has 3 heteroatoms. The minimum Gasteiger partial charge on any atom is -0.469 e. The number of rotatable bonds is 3. The number of benzene rings is 1. The Morgan fingerprint density at radius 2 is 2.11 bits per heavy atom. The molecule has 0 saturated heterocycles. The lowest BCUT2D eigenvalue weighted by Crippen LogP contribution is -2.06. The monoisotopic (exact) mass is 241 g/mol. The highest BCUT2D eigenvalue weighted by atomic mass is 16.5. The zero-order valence-electron chi connectivity index (χ0n) is 10.5. The third-order valence-electron chi connectivity index (χ3n) is 2.76. The Bertz CT molecular complexity index is 550. The molecule has 0 fully saturated rings. The molecule has 0 unspecified atom stereocenters. The molecular formula is C15H15NO2. The Hall–Kier alpha value is -2.16. The molecule has 0 aliphatic heterocycles. The first kappa shape index (κ1) is 12.3. The van der Waals surface area contributed by atoms with E-state index in [0.29, 0.717) is 0 Å². The van der Waals surface area contributed by atoms with Crippen molar-refractivity contribution in [1.29, 1.82) is 0 Å². The molecule has 18 heavy (non-hydrogen) atoms. The molecular weight excluding hydrogens is 226 g/mol. The molecule has 1 aromatic heterocycles. The molecule has 2 rings (SSSR count). The molecule has 0 radical (unpaired) electrons. The molecule has 92 valence electrons. The van der Waals surface area contributed by atoms with Crippen LogP contribution in [0.1, 0.15) is 11.1 Å². The first-order valence-corrected chi connectivity index (χ1v) is 5.78. The SMILES string of the molecule is COC(=O)Cc1cc(C)ccc1-c1ccccn1. The van der Waals surface area contributed by atoms with Crippen LogP contribution in [0.15, 0.2) is 42.6 Å². The summed E-state index contributed by atoms with van der Waals surface area (Å²) in [5, 5.41) is 0. The van der Waals surface area contributed by atoms with Crippen molar-refractivity contribution in [3.8, 4) is 11.3 Å². The fourth-order valence-corrected chi connectivity index (χ4v) is 1.87. The summed E-state index contributed by atoms with van der Waals surface area (Å²) in [6.45, 7) is 2.00. The van der Waals surface area contributed by atoms with E-state index in [-0.39, 0.29) is 12.4 Å². The normalized spacial score (nSPS) is 10.1. The largest absolute Gasteiger partial charge is 0.469 e. The van der Waals surface area contributed by atoms with Crippen LogP contribution >= 0.6 is 0 Å². The van der Waals surface area contributed by atoms with Crippen molar-refractivity contribution in [2.75, 3.05) is 7.11 Å². The van der Waals surface area contributed by atoms with Crippen LogP contribution < -0.4 is 0 Å². The smallest absolute Gasteiger partial charge is 0.310 e. The van der Waals surface area contributed by atoms with Gasteiger partial charge in [0.05, 0.1) is 19.2 Å². The molecule has 1 heterocycles. The molecule has 0 aliphatic carbocycles. The van der Waals surface area contributed by atoms with Gasteiger partial charge in [-0.15, -0.1) is 0 Å².